The monoisotopic (exact) mass is 250 g/mol. The van der Waals surface area contributed by atoms with Crippen LogP contribution >= 0.6 is 0 Å². The van der Waals surface area contributed by atoms with E-state index in [-0.39, 0.29) is 6.04 Å². The first-order chi connectivity index (χ1) is 9.34. The van der Waals surface area contributed by atoms with Gasteiger partial charge in [0.05, 0.1) is 6.04 Å². The molecule has 0 aliphatic heterocycles. The highest BCUT2D eigenvalue weighted by Gasteiger charge is 2.14. The third-order valence-electron chi connectivity index (χ3n) is 2.99. The van der Waals surface area contributed by atoms with Gasteiger partial charge in [-0.05, 0) is 5.56 Å². The normalized spacial score (nSPS) is 12.3. The summed E-state index contributed by atoms with van der Waals surface area (Å²) in [5.74, 6) is 1.34. The molecule has 0 aliphatic carbocycles. The molecule has 3 N–H and O–H groups in total. The highest BCUT2D eigenvalue weighted by atomic mass is 15.2. The predicted molar refractivity (Wildman–Crippen MR) is 74.3 cm³/mol. The molecule has 0 fully saturated rings. The van der Waals surface area contributed by atoms with Gasteiger partial charge in [-0.25, -0.2) is 4.98 Å². The van der Waals surface area contributed by atoms with Crippen LogP contribution in [-0.4, -0.2) is 15.2 Å². The molecule has 19 heavy (non-hydrogen) atoms. The number of benzene rings is 2. The lowest BCUT2D eigenvalue weighted by molar-refractivity contribution is 0.787. The zero-order valence-electron chi connectivity index (χ0n) is 10.3. The van der Waals surface area contributed by atoms with E-state index in [1.54, 1.807) is 0 Å². The van der Waals surface area contributed by atoms with Crippen molar-refractivity contribution in [3.63, 3.8) is 0 Å². The molecule has 3 rings (SSSR count). The van der Waals surface area contributed by atoms with Crippen LogP contribution in [0.5, 0.6) is 0 Å². The minimum atomic E-state index is -0.286. The maximum atomic E-state index is 6.17. The van der Waals surface area contributed by atoms with Crippen molar-refractivity contribution < 1.29 is 0 Å². The molecule has 0 spiro atoms. The van der Waals surface area contributed by atoms with Crippen molar-refractivity contribution >= 4 is 0 Å². The van der Waals surface area contributed by atoms with Crippen LogP contribution in [0.1, 0.15) is 17.4 Å². The fraction of sp³-hybridized carbons (Fsp3) is 0.0667. The third-order valence-corrected chi connectivity index (χ3v) is 2.99. The average molecular weight is 250 g/mol. The van der Waals surface area contributed by atoms with Crippen LogP contribution in [0, 0.1) is 0 Å². The van der Waals surface area contributed by atoms with Gasteiger partial charge in [0.15, 0.2) is 5.82 Å². The second-order valence-electron chi connectivity index (χ2n) is 4.30. The highest BCUT2D eigenvalue weighted by molar-refractivity contribution is 5.54. The van der Waals surface area contributed by atoms with E-state index in [1.165, 1.54) is 0 Å². The number of nitrogens with zero attached hydrogens (tertiary/aromatic N) is 2. The number of hydrogen-bond donors (Lipinski definition) is 2. The summed E-state index contributed by atoms with van der Waals surface area (Å²) in [6.07, 6.45) is 0. The lowest BCUT2D eigenvalue weighted by Gasteiger charge is -2.07. The number of nitrogens with two attached hydrogens (primary N) is 1. The van der Waals surface area contributed by atoms with Gasteiger partial charge in [-0.15, -0.1) is 0 Å². The second-order valence-corrected chi connectivity index (χ2v) is 4.30. The second kappa shape index (κ2) is 5.04. The van der Waals surface area contributed by atoms with Crippen LogP contribution in [0.25, 0.3) is 11.4 Å². The Kier molecular flexibility index (Phi) is 3.08. The van der Waals surface area contributed by atoms with Crippen molar-refractivity contribution in [2.24, 2.45) is 5.73 Å². The Morgan fingerprint density at radius 1 is 0.895 bits per heavy atom. The van der Waals surface area contributed by atoms with E-state index in [0.29, 0.717) is 11.6 Å². The molecule has 0 radical (unpaired) electrons. The van der Waals surface area contributed by atoms with Gasteiger partial charge in [-0.3, -0.25) is 5.10 Å². The highest BCUT2D eigenvalue weighted by Crippen LogP contribution is 2.19. The average Bonchev–Trinajstić information content (AvgIpc) is 2.98. The van der Waals surface area contributed by atoms with Crippen molar-refractivity contribution in [2.45, 2.75) is 6.04 Å². The number of rotatable bonds is 3. The quantitative estimate of drug-likeness (QED) is 0.750. The maximum absolute atomic E-state index is 6.17. The number of nitrogens with one attached hydrogen (secondary N) is 1. The van der Waals surface area contributed by atoms with E-state index >= 15 is 0 Å². The van der Waals surface area contributed by atoms with Crippen LogP contribution in [0.4, 0.5) is 0 Å². The zero-order valence-corrected chi connectivity index (χ0v) is 10.3. The van der Waals surface area contributed by atoms with Gasteiger partial charge in [0, 0.05) is 5.56 Å². The van der Waals surface area contributed by atoms with Crippen LogP contribution < -0.4 is 5.73 Å². The van der Waals surface area contributed by atoms with Crippen molar-refractivity contribution in [1.82, 2.24) is 15.2 Å². The molecular formula is C15H14N4. The SMILES string of the molecule is N[C@@H](c1ccccc1)c1nc(-c2ccccc2)n[nH]1. The first-order valence-corrected chi connectivity index (χ1v) is 6.13. The van der Waals surface area contributed by atoms with Crippen LogP contribution in [0.3, 0.4) is 0 Å². The molecule has 94 valence electrons. The number of hydrogen-bond acceptors (Lipinski definition) is 3. The van der Waals surface area contributed by atoms with E-state index in [0.717, 1.165) is 11.1 Å². The molecule has 0 saturated carbocycles. The summed E-state index contributed by atoms with van der Waals surface area (Å²) in [5.41, 5.74) is 8.16. The summed E-state index contributed by atoms with van der Waals surface area (Å²) in [7, 11) is 0. The minimum absolute atomic E-state index is 0.286. The topological polar surface area (TPSA) is 67.6 Å². The lowest BCUT2D eigenvalue weighted by Crippen LogP contribution is -2.13. The van der Waals surface area contributed by atoms with Crippen molar-refractivity contribution in [3.05, 3.63) is 72.1 Å². The lowest BCUT2D eigenvalue weighted by atomic mass is 10.1. The van der Waals surface area contributed by atoms with Crippen molar-refractivity contribution in [1.29, 1.82) is 0 Å². The van der Waals surface area contributed by atoms with Crippen LogP contribution in [0.15, 0.2) is 60.7 Å². The van der Waals surface area contributed by atoms with E-state index in [9.17, 15) is 0 Å². The number of aromatic amines is 1. The van der Waals surface area contributed by atoms with Gasteiger partial charge in [-0.2, -0.15) is 5.10 Å². The minimum Gasteiger partial charge on any atom is -0.318 e. The molecule has 0 amide bonds. The van der Waals surface area contributed by atoms with Crippen molar-refractivity contribution in [2.75, 3.05) is 0 Å². The smallest absolute Gasteiger partial charge is 0.181 e. The molecule has 3 aromatic rings. The Morgan fingerprint density at radius 3 is 2.21 bits per heavy atom. The van der Waals surface area contributed by atoms with Crippen LogP contribution in [0.2, 0.25) is 0 Å². The molecule has 4 heteroatoms. The molecule has 0 unspecified atom stereocenters. The maximum Gasteiger partial charge on any atom is 0.181 e. The molecular weight excluding hydrogens is 236 g/mol. The van der Waals surface area contributed by atoms with Gasteiger partial charge in [0.2, 0.25) is 0 Å². The summed E-state index contributed by atoms with van der Waals surface area (Å²) in [6.45, 7) is 0. The molecule has 0 aliphatic rings. The first-order valence-electron chi connectivity index (χ1n) is 6.13. The zero-order chi connectivity index (χ0) is 13.1. The van der Waals surface area contributed by atoms with Crippen LogP contribution in [-0.2, 0) is 0 Å². The molecule has 0 bridgehead atoms. The van der Waals surface area contributed by atoms with Gasteiger partial charge >= 0.3 is 0 Å². The van der Waals surface area contributed by atoms with Crippen molar-refractivity contribution in [3.8, 4) is 11.4 Å². The summed E-state index contributed by atoms with van der Waals surface area (Å²) in [5, 5.41) is 7.13. The van der Waals surface area contributed by atoms with E-state index in [2.05, 4.69) is 15.2 Å². The molecule has 1 aromatic heterocycles. The molecule has 0 saturated heterocycles. The van der Waals surface area contributed by atoms with E-state index in [4.69, 9.17) is 5.73 Å². The Balaban J connectivity index is 1.90. The predicted octanol–water partition coefficient (Wildman–Crippen LogP) is 2.52. The molecule has 1 atom stereocenters. The Morgan fingerprint density at radius 2 is 1.53 bits per heavy atom. The van der Waals surface area contributed by atoms with E-state index in [1.807, 2.05) is 60.7 Å². The standard InChI is InChI=1S/C15H14N4/c16-13(11-7-3-1-4-8-11)15-17-14(18-19-15)12-9-5-2-6-10-12/h1-10,13H,16H2,(H,17,18,19)/t13-/m0/s1. The Bertz CT molecular complexity index is 646. The molecule has 4 nitrogen and oxygen atoms in total. The molecule has 1 heterocycles. The fourth-order valence-electron chi connectivity index (χ4n) is 1.95. The third kappa shape index (κ3) is 2.39. The van der Waals surface area contributed by atoms with E-state index < -0.39 is 0 Å². The number of H-pyrrole nitrogens is 1. The largest absolute Gasteiger partial charge is 0.318 e. The molecule has 2 aromatic carbocycles. The Hall–Kier alpha value is -2.46. The van der Waals surface area contributed by atoms with Gasteiger partial charge in [0.25, 0.3) is 0 Å². The summed E-state index contributed by atoms with van der Waals surface area (Å²) in [4.78, 5) is 4.47. The summed E-state index contributed by atoms with van der Waals surface area (Å²) < 4.78 is 0. The Labute approximate surface area is 111 Å². The van der Waals surface area contributed by atoms with Gasteiger partial charge < -0.3 is 5.73 Å². The summed E-state index contributed by atoms with van der Waals surface area (Å²) >= 11 is 0. The number of aromatic nitrogens is 3. The summed E-state index contributed by atoms with van der Waals surface area (Å²) in [6, 6.07) is 19.4. The fourth-order valence-corrected chi connectivity index (χ4v) is 1.95. The first kappa shape index (κ1) is 11.6. The van der Waals surface area contributed by atoms with Gasteiger partial charge in [-0.1, -0.05) is 60.7 Å². The van der Waals surface area contributed by atoms with Gasteiger partial charge in [0.1, 0.15) is 5.82 Å².